The van der Waals surface area contributed by atoms with Gasteiger partial charge < -0.3 is 5.73 Å². The Labute approximate surface area is 89.5 Å². The Bertz CT molecular complexity index is 425. The number of benzene rings is 1. The third kappa shape index (κ3) is 1.20. The molecule has 3 rings (SSSR count). The average Bonchev–Trinajstić information content (AvgIpc) is 2.71. The fourth-order valence-electron chi connectivity index (χ4n) is 3.14. The van der Waals surface area contributed by atoms with E-state index >= 15 is 0 Å². The van der Waals surface area contributed by atoms with Gasteiger partial charge in [-0.1, -0.05) is 13.0 Å². The van der Waals surface area contributed by atoms with E-state index in [0.717, 1.165) is 23.2 Å². The lowest BCUT2D eigenvalue weighted by Gasteiger charge is -2.13. The van der Waals surface area contributed by atoms with Gasteiger partial charge in [0.05, 0.1) is 0 Å². The normalized spacial score (nSPS) is 27.9. The molecule has 0 heterocycles. The predicted octanol–water partition coefficient (Wildman–Crippen LogP) is 2.76. The number of nitrogens with two attached hydrogens (primary N) is 1. The van der Waals surface area contributed by atoms with E-state index in [-0.39, 0.29) is 0 Å². The van der Waals surface area contributed by atoms with E-state index in [1.54, 1.807) is 0 Å². The molecule has 2 aliphatic rings. The van der Waals surface area contributed by atoms with Crippen LogP contribution >= 0.6 is 0 Å². The molecule has 0 aliphatic heterocycles. The van der Waals surface area contributed by atoms with Gasteiger partial charge >= 0.3 is 0 Å². The molecule has 15 heavy (non-hydrogen) atoms. The molecule has 2 aliphatic carbocycles. The highest BCUT2D eigenvalue weighted by molar-refractivity contribution is 5.64. The van der Waals surface area contributed by atoms with E-state index in [2.05, 4.69) is 13.0 Å². The molecule has 0 spiro atoms. The van der Waals surface area contributed by atoms with Gasteiger partial charge in [-0.2, -0.15) is 0 Å². The third-order valence-electron chi connectivity index (χ3n) is 3.90. The van der Waals surface area contributed by atoms with Crippen LogP contribution in [0.5, 0.6) is 0 Å². The number of alkyl halides is 1. The standard InChI is InChI=1S/C13H16FN/c1-7-2-3-8-4-9-5-10(14)6-11(9)13(15)12(7)8/h4,7,10H,2-3,5-6,15H2,1H3/t7-,10-/m1/s1. The van der Waals surface area contributed by atoms with Crippen molar-refractivity contribution in [2.24, 2.45) is 0 Å². The zero-order valence-corrected chi connectivity index (χ0v) is 9.02. The van der Waals surface area contributed by atoms with Crippen molar-refractivity contribution in [2.75, 3.05) is 5.73 Å². The lowest BCUT2D eigenvalue weighted by Crippen LogP contribution is -2.02. The molecule has 0 radical (unpaired) electrons. The van der Waals surface area contributed by atoms with Gasteiger partial charge in [-0.3, -0.25) is 0 Å². The van der Waals surface area contributed by atoms with Crippen LogP contribution in [0.2, 0.25) is 0 Å². The van der Waals surface area contributed by atoms with Gasteiger partial charge in [0.25, 0.3) is 0 Å². The van der Waals surface area contributed by atoms with Crippen LogP contribution in [0.15, 0.2) is 6.07 Å². The summed E-state index contributed by atoms with van der Waals surface area (Å²) in [6, 6.07) is 2.20. The summed E-state index contributed by atoms with van der Waals surface area (Å²) < 4.78 is 13.3. The van der Waals surface area contributed by atoms with Crippen molar-refractivity contribution >= 4 is 5.69 Å². The number of hydrogen-bond acceptors (Lipinski definition) is 1. The van der Waals surface area contributed by atoms with Crippen molar-refractivity contribution in [2.45, 2.75) is 44.7 Å². The summed E-state index contributed by atoms with van der Waals surface area (Å²) in [5.41, 5.74) is 12.0. The molecule has 0 saturated heterocycles. The van der Waals surface area contributed by atoms with Crippen LogP contribution in [0.3, 0.4) is 0 Å². The fraction of sp³-hybridized carbons (Fsp3) is 0.538. The molecule has 0 aromatic heterocycles. The van der Waals surface area contributed by atoms with Crippen molar-refractivity contribution in [3.8, 4) is 0 Å². The summed E-state index contributed by atoms with van der Waals surface area (Å²) in [5, 5.41) is 0. The first-order valence-electron chi connectivity index (χ1n) is 5.74. The number of aryl methyl sites for hydroxylation is 1. The van der Waals surface area contributed by atoms with Crippen LogP contribution < -0.4 is 5.73 Å². The first kappa shape index (κ1) is 9.20. The number of hydrogen-bond donors (Lipinski definition) is 1. The Balaban J connectivity index is 2.19. The maximum Gasteiger partial charge on any atom is 0.108 e. The zero-order chi connectivity index (χ0) is 10.6. The topological polar surface area (TPSA) is 26.0 Å². The lowest BCUT2D eigenvalue weighted by molar-refractivity contribution is 0.349. The summed E-state index contributed by atoms with van der Waals surface area (Å²) in [7, 11) is 0. The average molecular weight is 205 g/mol. The summed E-state index contributed by atoms with van der Waals surface area (Å²) in [5.74, 6) is 0.559. The van der Waals surface area contributed by atoms with Crippen LogP contribution in [-0.2, 0) is 19.3 Å². The van der Waals surface area contributed by atoms with Gasteiger partial charge in [0.1, 0.15) is 6.17 Å². The van der Waals surface area contributed by atoms with Crippen molar-refractivity contribution in [1.29, 1.82) is 0 Å². The summed E-state index contributed by atoms with van der Waals surface area (Å²) in [6.45, 7) is 2.22. The van der Waals surface area contributed by atoms with E-state index in [1.807, 2.05) is 0 Å². The van der Waals surface area contributed by atoms with Gasteiger partial charge in [0, 0.05) is 18.5 Å². The molecule has 80 valence electrons. The molecule has 0 amide bonds. The van der Waals surface area contributed by atoms with Crippen LogP contribution in [-0.4, -0.2) is 6.17 Å². The highest BCUT2D eigenvalue weighted by Crippen LogP contribution is 2.42. The highest BCUT2D eigenvalue weighted by Gasteiger charge is 2.29. The van der Waals surface area contributed by atoms with Gasteiger partial charge in [0.15, 0.2) is 0 Å². The number of fused-ring (bicyclic) bond motifs is 2. The Morgan fingerprint density at radius 2 is 2.13 bits per heavy atom. The monoisotopic (exact) mass is 205 g/mol. The first-order chi connectivity index (χ1) is 7.16. The SMILES string of the molecule is C[C@@H]1CCc2cc3c(c(N)c21)C[C@H](F)C3. The molecule has 2 N–H and O–H groups in total. The second-order valence-electron chi connectivity index (χ2n) is 4.95. The number of rotatable bonds is 0. The van der Waals surface area contributed by atoms with E-state index in [0.29, 0.717) is 18.8 Å². The van der Waals surface area contributed by atoms with E-state index < -0.39 is 6.17 Å². The Morgan fingerprint density at radius 3 is 2.93 bits per heavy atom. The molecule has 1 aromatic carbocycles. The number of nitrogen functional groups attached to an aromatic ring is 1. The summed E-state index contributed by atoms with van der Waals surface area (Å²) in [4.78, 5) is 0. The molecular formula is C13H16FN. The maximum atomic E-state index is 13.3. The predicted molar refractivity (Wildman–Crippen MR) is 59.9 cm³/mol. The summed E-state index contributed by atoms with van der Waals surface area (Å²) in [6.07, 6.45) is 2.70. The van der Waals surface area contributed by atoms with Crippen LogP contribution in [0, 0.1) is 0 Å². The van der Waals surface area contributed by atoms with Gasteiger partial charge in [-0.05, 0) is 41.0 Å². The maximum absolute atomic E-state index is 13.3. The fourth-order valence-corrected chi connectivity index (χ4v) is 3.14. The molecule has 0 bridgehead atoms. The van der Waals surface area contributed by atoms with Crippen molar-refractivity contribution in [3.63, 3.8) is 0 Å². The highest BCUT2D eigenvalue weighted by atomic mass is 19.1. The van der Waals surface area contributed by atoms with E-state index in [4.69, 9.17) is 5.73 Å². The molecule has 0 fully saturated rings. The minimum Gasteiger partial charge on any atom is -0.398 e. The van der Waals surface area contributed by atoms with Crippen molar-refractivity contribution in [1.82, 2.24) is 0 Å². The quantitative estimate of drug-likeness (QED) is 0.647. The van der Waals surface area contributed by atoms with E-state index in [9.17, 15) is 4.39 Å². The van der Waals surface area contributed by atoms with E-state index in [1.165, 1.54) is 17.5 Å². The molecule has 2 heteroatoms. The zero-order valence-electron chi connectivity index (χ0n) is 9.02. The largest absolute Gasteiger partial charge is 0.398 e. The molecule has 2 atom stereocenters. The Kier molecular flexibility index (Phi) is 1.82. The Hall–Kier alpha value is -1.05. The number of anilines is 1. The van der Waals surface area contributed by atoms with Crippen molar-refractivity contribution < 1.29 is 4.39 Å². The van der Waals surface area contributed by atoms with Crippen molar-refractivity contribution in [3.05, 3.63) is 28.3 Å². The minimum absolute atomic E-state index is 0.529. The van der Waals surface area contributed by atoms with Gasteiger partial charge in [-0.25, -0.2) is 4.39 Å². The first-order valence-corrected chi connectivity index (χ1v) is 5.74. The van der Waals surface area contributed by atoms with Crippen LogP contribution in [0.4, 0.5) is 10.1 Å². The van der Waals surface area contributed by atoms with Crippen LogP contribution in [0.1, 0.15) is 41.5 Å². The molecule has 1 aromatic rings. The molecule has 0 unspecified atom stereocenters. The van der Waals surface area contributed by atoms with Crippen LogP contribution in [0.25, 0.3) is 0 Å². The number of halogens is 1. The second-order valence-corrected chi connectivity index (χ2v) is 4.95. The molecule has 1 nitrogen and oxygen atoms in total. The van der Waals surface area contributed by atoms with Gasteiger partial charge in [0.2, 0.25) is 0 Å². The van der Waals surface area contributed by atoms with Gasteiger partial charge in [-0.15, -0.1) is 0 Å². The Morgan fingerprint density at radius 1 is 1.33 bits per heavy atom. The molecular weight excluding hydrogens is 189 g/mol. The smallest absolute Gasteiger partial charge is 0.108 e. The lowest BCUT2D eigenvalue weighted by atomic mass is 9.95. The third-order valence-corrected chi connectivity index (χ3v) is 3.90. The minimum atomic E-state index is -0.708. The summed E-state index contributed by atoms with van der Waals surface area (Å²) >= 11 is 0. The second kappa shape index (κ2) is 2.97. The molecule has 0 saturated carbocycles.